The third-order valence-corrected chi connectivity index (χ3v) is 7.42. The van der Waals surface area contributed by atoms with Crippen LogP contribution in [0.2, 0.25) is 0 Å². The number of likely N-dealkylation sites (tertiary alicyclic amines) is 1. The summed E-state index contributed by atoms with van der Waals surface area (Å²) in [6.07, 6.45) is -5.43. The van der Waals surface area contributed by atoms with E-state index in [0.29, 0.717) is 58.7 Å². The molecule has 1 aromatic heterocycles. The van der Waals surface area contributed by atoms with Crippen LogP contribution < -0.4 is 5.32 Å². The fourth-order valence-electron chi connectivity index (χ4n) is 4.50. The normalized spacial score (nSPS) is 18.5. The Morgan fingerprint density at radius 3 is 2.55 bits per heavy atom. The Balaban J connectivity index is 1.32. The van der Waals surface area contributed by atoms with Gasteiger partial charge in [0.25, 0.3) is 5.91 Å². The van der Waals surface area contributed by atoms with E-state index in [4.69, 9.17) is 0 Å². The van der Waals surface area contributed by atoms with Crippen molar-refractivity contribution in [1.29, 1.82) is 0 Å². The molecule has 14 heteroatoms. The standard InChI is InChI=1S/C26H21F6N5O2S/c27-25(28,29)18-5-4-16(19(12-18)26(30,31)32)14-37-20-6-3-15(10-17(20)13-34-37)11-21-23(39)35-24(40-21)33-7-9-36-8-1-2-22(36)38/h3-6,10-13H,1-2,7-9,14H2,(H,33,35,39)/b21-11-. The summed E-state index contributed by atoms with van der Waals surface area (Å²) in [5.41, 5.74) is -2.00. The number of rotatable bonds is 6. The van der Waals surface area contributed by atoms with Crippen LogP contribution >= 0.6 is 11.8 Å². The first kappa shape index (κ1) is 27.7. The predicted octanol–water partition coefficient (Wildman–Crippen LogP) is 5.30. The molecule has 3 heterocycles. The van der Waals surface area contributed by atoms with Crippen molar-refractivity contribution in [3.63, 3.8) is 0 Å². The summed E-state index contributed by atoms with van der Waals surface area (Å²) in [6.45, 7) is 1.16. The Morgan fingerprint density at radius 1 is 1.05 bits per heavy atom. The highest BCUT2D eigenvalue weighted by atomic mass is 32.2. The molecule has 0 radical (unpaired) electrons. The summed E-state index contributed by atoms with van der Waals surface area (Å²) >= 11 is 1.16. The second kappa shape index (κ2) is 10.6. The zero-order chi connectivity index (χ0) is 28.7. The lowest BCUT2D eigenvalue weighted by Gasteiger charge is -2.16. The molecule has 0 atom stereocenters. The molecule has 1 N–H and O–H groups in total. The number of nitrogens with zero attached hydrogens (tertiary/aromatic N) is 4. The molecule has 0 spiro atoms. The Bertz CT molecular complexity index is 1540. The zero-order valence-electron chi connectivity index (χ0n) is 20.6. The molecule has 2 fully saturated rings. The maximum absolute atomic E-state index is 13.6. The predicted molar refractivity (Wildman–Crippen MR) is 137 cm³/mol. The van der Waals surface area contributed by atoms with Gasteiger partial charge in [-0.1, -0.05) is 12.1 Å². The minimum Gasteiger partial charge on any atom is -0.341 e. The van der Waals surface area contributed by atoms with Crippen LogP contribution in [0.25, 0.3) is 17.0 Å². The maximum atomic E-state index is 13.6. The highest BCUT2D eigenvalue weighted by Gasteiger charge is 2.38. The van der Waals surface area contributed by atoms with Crippen LogP contribution in [0, 0.1) is 0 Å². The molecule has 5 rings (SSSR count). The number of hydrogen-bond acceptors (Lipinski definition) is 5. The second-order valence-electron chi connectivity index (χ2n) is 9.22. The molecule has 40 heavy (non-hydrogen) atoms. The van der Waals surface area contributed by atoms with E-state index in [0.717, 1.165) is 24.2 Å². The van der Waals surface area contributed by atoms with E-state index < -0.39 is 30.0 Å². The van der Waals surface area contributed by atoms with E-state index in [1.54, 1.807) is 29.2 Å². The van der Waals surface area contributed by atoms with Gasteiger partial charge in [-0.2, -0.15) is 31.4 Å². The van der Waals surface area contributed by atoms with Crippen molar-refractivity contribution in [3.05, 3.63) is 69.8 Å². The summed E-state index contributed by atoms with van der Waals surface area (Å²) in [5, 5.41) is 7.81. The summed E-state index contributed by atoms with van der Waals surface area (Å²) in [7, 11) is 0. The van der Waals surface area contributed by atoms with E-state index in [1.165, 1.54) is 10.9 Å². The number of hydrogen-bond donors (Lipinski definition) is 1. The molecule has 0 unspecified atom stereocenters. The molecule has 2 amide bonds. The van der Waals surface area contributed by atoms with Gasteiger partial charge in [0.05, 0.1) is 40.8 Å². The molecule has 2 aliphatic heterocycles. The number of alkyl halides is 6. The number of halogens is 6. The maximum Gasteiger partial charge on any atom is 0.416 e. The molecule has 2 saturated heterocycles. The highest BCUT2D eigenvalue weighted by Crippen LogP contribution is 2.38. The molecule has 0 saturated carbocycles. The van der Waals surface area contributed by atoms with Gasteiger partial charge in [-0.15, -0.1) is 0 Å². The van der Waals surface area contributed by atoms with Crippen molar-refractivity contribution in [3.8, 4) is 0 Å². The fourth-order valence-corrected chi connectivity index (χ4v) is 5.35. The average Bonchev–Trinajstić information content (AvgIpc) is 3.57. The van der Waals surface area contributed by atoms with E-state index in [-0.39, 0.29) is 23.4 Å². The van der Waals surface area contributed by atoms with Crippen molar-refractivity contribution < 1.29 is 35.9 Å². The van der Waals surface area contributed by atoms with Gasteiger partial charge in [0.15, 0.2) is 5.17 Å². The third kappa shape index (κ3) is 6.01. The minimum absolute atomic E-state index is 0.0998. The average molecular weight is 582 g/mol. The van der Waals surface area contributed by atoms with Crippen LogP contribution in [0.1, 0.15) is 35.1 Å². The fraction of sp³-hybridized carbons (Fsp3) is 0.308. The van der Waals surface area contributed by atoms with Gasteiger partial charge in [-0.3, -0.25) is 19.3 Å². The number of amides is 2. The lowest BCUT2D eigenvalue weighted by Crippen LogP contribution is -2.28. The van der Waals surface area contributed by atoms with Crippen molar-refractivity contribution in [2.24, 2.45) is 4.99 Å². The number of aliphatic imine (C=N–C) groups is 1. The van der Waals surface area contributed by atoms with Crippen LogP contribution in [0.4, 0.5) is 26.3 Å². The molecule has 210 valence electrons. The molecule has 2 aliphatic rings. The molecule has 3 aromatic rings. The van der Waals surface area contributed by atoms with E-state index in [1.807, 2.05) is 0 Å². The zero-order valence-corrected chi connectivity index (χ0v) is 21.5. The third-order valence-electron chi connectivity index (χ3n) is 6.47. The van der Waals surface area contributed by atoms with Crippen LogP contribution in [-0.4, -0.2) is 51.3 Å². The van der Waals surface area contributed by atoms with Gasteiger partial charge < -0.3 is 10.2 Å². The van der Waals surface area contributed by atoms with Gasteiger partial charge in [0.2, 0.25) is 5.91 Å². The Labute approximate surface area is 227 Å². The van der Waals surface area contributed by atoms with Crippen molar-refractivity contribution in [2.45, 2.75) is 31.7 Å². The van der Waals surface area contributed by atoms with E-state index in [2.05, 4.69) is 15.4 Å². The quantitative estimate of drug-likeness (QED) is 0.317. The van der Waals surface area contributed by atoms with Gasteiger partial charge >= 0.3 is 12.4 Å². The molecular formula is C26H21F6N5O2S. The number of carbonyl (C=O) groups excluding carboxylic acids is 2. The summed E-state index contributed by atoms with van der Waals surface area (Å²) in [6, 6.07) is 6.52. The van der Waals surface area contributed by atoms with Gasteiger partial charge in [-0.05, 0) is 59.7 Å². The van der Waals surface area contributed by atoms with Crippen molar-refractivity contribution in [2.75, 3.05) is 19.6 Å². The van der Waals surface area contributed by atoms with Crippen LogP contribution in [0.3, 0.4) is 0 Å². The summed E-state index contributed by atoms with van der Waals surface area (Å²) in [4.78, 5) is 30.6. The smallest absolute Gasteiger partial charge is 0.341 e. The summed E-state index contributed by atoms with van der Waals surface area (Å²) < 4.78 is 80.9. The molecule has 2 aromatic carbocycles. The molecule has 0 bridgehead atoms. The molecular weight excluding hydrogens is 560 g/mol. The van der Waals surface area contributed by atoms with Gasteiger partial charge in [0.1, 0.15) is 0 Å². The van der Waals surface area contributed by atoms with Crippen LogP contribution in [0.15, 0.2) is 52.5 Å². The van der Waals surface area contributed by atoms with Crippen LogP contribution in [-0.2, 0) is 28.5 Å². The first-order valence-electron chi connectivity index (χ1n) is 12.1. The number of carbonyl (C=O) groups is 2. The van der Waals surface area contributed by atoms with E-state index in [9.17, 15) is 35.9 Å². The Hall–Kier alpha value is -3.81. The topological polar surface area (TPSA) is 79.6 Å². The lowest BCUT2D eigenvalue weighted by molar-refractivity contribution is -0.143. The second-order valence-corrected chi connectivity index (χ2v) is 10.3. The number of aromatic nitrogens is 2. The monoisotopic (exact) mass is 581 g/mol. The lowest BCUT2D eigenvalue weighted by atomic mass is 10.0. The molecule has 7 nitrogen and oxygen atoms in total. The van der Waals surface area contributed by atoms with E-state index >= 15 is 0 Å². The molecule has 0 aliphatic carbocycles. The largest absolute Gasteiger partial charge is 0.416 e. The number of fused-ring (bicyclic) bond motifs is 1. The Kier molecular flexibility index (Phi) is 7.38. The summed E-state index contributed by atoms with van der Waals surface area (Å²) in [5.74, 6) is -0.235. The SMILES string of the molecule is O=C1NC(=NCCN2CCCC2=O)S/C1=C\c1ccc2c(cnn2Cc2ccc(C(F)(F)F)cc2C(F)(F)F)c1. The van der Waals surface area contributed by atoms with Gasteiger partial charge in [0, 0.05) is 24.9 Å². The van der Waals surface area contributed by atoms with Crippen molar-refractivity contribution >= 4 is 45.7 Å². The minimum atomic E-state index is -4.98. The number of amidine groups is 1. The number of thioether (sulfide) groups is 1. The number of nitrogens with one attached hydrogen (secondary N) is 1. The first-order chi connectivity index (χ1) is 18.9. The van der Waals surface area contributed by atoms with Gasteiger partial charge in [-0.25, -0.2) is 0 Å². The first-order valence-corrected chi connectivity index (χ1v) is 13.0. The van der Waals surface area contributed by atoms with Crippen molar-refractivity contribution in [1.82, 2.24) is 20.0 Å². The number of benzene rings is 2. The highest BCUT2D eigenvalue weighted by molar-refractivity contribution is 8.18. The Morgan fingerprint density at radius 2 is 1.85 bits per heavy atom. The van der Waals surface area contributed by atoms with Crippen LogP contribution in [0.5, 0.6) is 0 Å².